The average Bonchev–Trinajstić information content (AvgIpc) is 2.40. The molecule has 0 aliphatic heterocycles. The number of hydrogen-bond donors (Lipinski definition) is 3. The summed E-state index contributed by atoms with van der Waals surface area (Å²) in [5.74, 6) is 0.128. The number of nitrogens with two attached hydrogens (primary N) is 1. The molecule has 0 aliphatic rings. The predicted molar refractivity (Wildman–Crippen MR) is 91.1 cm³/mol. The molecule has 1 unspecified atom stereocenters. The van der Waals surface area contributed by atoms with Gasteiger partial charge in [0.2, 0.25) is 0 Å². The third-order valence-corrected chi connectivity index (χ3v) is 3.35. The molecule has 1 aromatic carbocycles. The Bertz CT molecular complexity index is 600. The molecule has 0 saturated heterocycles. The van der Waals surface area contributed by atoms with E-state index in [0.717, 1.165) is 10.9 Å². The van der Waals surface area contributed by atoms with E-state index in [1.807, 2.05) is 26.0 Å². The van der Waals surface area contributed by atoms with Crippen LogP contribution in [0.2, 0.25) is 0 Å². The van der Waals surface area contributed by atoms with Crippen molar-refractivity contribution in [3.63, 3.8) is 0 Å². The summed E-state index contributed by atoms with van der Waals surface area (Å²) in [5, 5.41) is 13.8. The van der Waals surface area contributed by atoms with E-state index in [1.165, 1.54) is 0 Å². The number of anilines is 1. The molecular formula is C16H21N2OP. The van der Waals surface area contributed by atoms with E-state index >= 15 is 0 Å². The van der Waals surface area contributed by atoms with Crippen LogP contribution in [0.3, 0.4) is 0 Å². The van der Waals surface area contributed by atoms with Crippen molar-refractivity contribution in [2.24, 2.45) is 0 Å². The van der Waals surface area contributed by atoms with Gasteiger partial charge in [0.25, 0.3) is 0 Å². The Morgan fingerprint density at radius 1 is 1.40 bits per heavy atom. The Morgan fingerprint density at radius 2 is 2.05 bits per heavy atom. The van der Waals surface area contributed by atoms with E-state index in [4.69, 9.17) is 5.73 Å². The lowest BCUT2D eigenvalue weighted by molar-refractivity contribution is 0.473. The monoisotopic (exact) mass is 288 g/mol. The highest BCUT2D eigenvalue weighted by Gasteiger charge is 2.07. The highest BCUT2D eigenvalue weighted by molar-refractivity contribution is 7.23. The van der Waals surface area contributed by atoms with Crippen molar-refractivity contribution in [1.29, 1.82) is 0 Å². The number of aromatic hydroxyl groups is 1. The Morgan fingerprint density at radius 3 is 2.65 bits per heavy atom. The maximum absolute atomic E-state index is 9.83. The number of nitrogen functional groups attached to an aromatic ring is 1. The smallest absolute Gasteiger partial charge is 0.125 e. The zero-order valence-electron chi connectivity index (χ0n) is 11.9. The predicted octanol–water partition coefficient (Wildman–Crippen LogP) is 3.77. The van der Waals surface area contributed by atoms with Crippen molar-refractivity contribution in [2.45, 2.75) is 13.8 Å². The topological polar surface area (TPSA) is 58.3 Å². The molecular weight excluding hydrogens is 267 g/mol. The molecule has 4 N–H and O–H groups in total. The molecule has 3 nitrogen and oxygen atoms in total. The van der Waals surface area contributed by atoms with E-state index in [2.05, 4.69) is 27.7 Å². The third-order valence-electron chi connectivity index (χ3n) is 2.83. The van der Waals surface area contributed by atoms with Crippen LogP contribution in [-0.2, 0) is 0 Å². The van der Waals surface area contributed by atoms with Gasteiger partial charge in [0.1, 0.15) is 5.75 Å². The van der Waals surface area contributed by atoms with Crippen LogP contribution in [0.4, 0.5) is 5.69 Å². The Kier molecular flexibility index (Phi) is 5.60. The summed E-state index contributed by atoms with van der Waals surface area (Å²) in [4.78, 5) is 0. The first-order valence-corrected chi connectivity index (χ1v) is 6.77. The molecule has 0 heterocycles. The van der Waals surface area contributed by atoms with Crippen molar-refractivity contribution in [1.82, 2.24) is 5.32 Å². The minimum atomic E-state index is 0.128. The van der Waals surface area contributed by atoms with Gasteiger partial charge in [-0.05, 0) is 37.4 Å². The fraction of sp³-hybridized carbons (Fsp3) is 0.125. The standard InChI is InChI=1S/C16H21N2OP/c1-5-10(2)8-16(20)12(4)18-11(3)14-9-13(17)6-7-15(14)19/h5-9,18-19H,3-4,17,20H2,1-2H3/b10-5-,16-8+. The van der Waals surface area contributed by atoms with Crippen molar-refractivity contribution >= 4 is 20.6 Å². The fourth-order valence-electron chi connectivity index (χ4n) is 1.53. The van der Waals surface area contributed by atoms with Gasteiger partial charge in [0.05, 0.1) is 0 Å². The summed E-state index contributed by atoms with van der Waals surface area (Å²) >= 11 is 0. The molecule has 0 radical (unpaired) electrons. The second kappa shape index (κ2) is 6.97. The Labute approximate surface area is 122 Å². The first-order valence-electron chi connectivity index (χ1n) is 6.19. The van der Waals surface area contributed by atoms with Crippen molar-refractivity contribution in [2.75, 3.05) is 5.73 Å². The van der Waals surface area contributed by atoms with Gasteiger partial charge in [-0.3, -0.25) is 0 Å². The molecule has 0 saturated carbocycles. The summed E-state index contributed by atoms with van der Waals surface area (Å²) in [5.41, 5.74) is 9.22. The van der Waals surface area contributed by atoms with Crippen molar-refractivity contribution < 1.29 is 5.11 Å². The molecule has 0 aliphatic carbocycles. The molecule has 0 aromatic heterocycles. The van der Waals surface area contributed by atoms with Gasteiger partial charge in [-0.2, -0.15) is 0 Å². The summed E-state index contributed by atoms with van der Waals surface area (Å²) in [6.45, 7) is 11.9. The van der Waals surface area contributed by atoms with Crippen LogP contribution in [0.15, 0.2) is 60.1 Å². The summed E-state index contributed by atoms with van der Waals surface area (Å²) in [6.07, 6.45) is 4.00. The maximum Gasteiger partial charge on any atom is 0.125 e. The number of hydrogen-bond acceptors (Lipinski definition) is 3. The molecule has 1 aromatic rings. The fourth-order valence-corrected chi connectivity index (χ4v) is 1.87. The molecule has 1 rings (SSSR count). The van der Waals surface area contributed by atoms with Gasteiger partial charge in [-0.1, -0.05) is 30.9 Å². The van der Waals surface area contributed by atoms with Crippen LogP contribution >= 0.6 is 9.24 Å². The minimum absolute atomic E-state index is 0.128. The largest absolute Gasteiger partial charge is 0.507 e. The number of rotatable bonds is 5. The SMILES string of the molecule is C=C(NC(=C)c1cc(N)ccc1O)/C(P)=C\C(C)=C/C. The maximum atomic E-state index is 9.83. The molecule has 0 spiro atoms. The first-order chi connectivity index (χ1) is 9.35. The number of phenolic OH excluding ortho intramolecular Hbond substituents is 1. The van der Waals surface area contributed by atoms with Crippen LogP contribution in [0.25, 0.3) is 5.70 Å². The summed E-state index contributed by atoms with van der Waals surface area (Å²) in [7, 11) is 2.63. The normalized spacial score (nSPS) is 12.2. The second-order valence-corrected chi connectivity index (χ2v) is 5.11. The van der Waals surface area contributed by atoms with Crippen LogP contribution < -0.4 is 11.1 Å². The zero-order chi connectivity index (χ0) is 15.3. The molecule has 0 bridgehead atoms. The van der Waals surface area contributed by atoms with E-state index in [1.54, 1.807) is 18.2 Å². The van der Waals surface area contributed by atoms with Crippen LogP contribution in [-0.4, -0.2) is 5.11 Å². The zero-order valence-corrected chi connectivity index (χ0v) is 13.1. The quantitative estimate of drug-likeness (QED) is 0.334. The van der Waals surface area contributed by atoms with Gasteiger partial charge in [0.15, 0.2) is 0 Å². The average molecular weight is 288 g/mol. The Balaban J connectivity index is 2.88. The van der Waals surface area contributed by atoms with E-state index in [0.29, 0.717) is 22.6 Å². The second-order valence-electron chi connectivity index (χ2n) is 4.49. The lowest BCUT2D eigenvalue weighted by Crippen LogP contribution is -2.10. The van der Waals surface area contributed by atoms with E-state index < -0.39 is 0 Å². The van der Waals surface area contributed by atoms with Crippen LogP contribution in [0.1, 0.15) is 19.4 Å². The highest BCUT2D eigenvalue weighted by atomic mass is 31.0. The van der Waals surface area contributed by atoms with Gasteiger partial charge in [-0.25, -0.2) is 0 Å². The molecule has 0 amide bonds. The first kappa shape index (κ1) is 16.1. The highest BCUT2D eigenvalue weighted by Crippen LogP contribution is 2.26. The molecule has 0 fully saturated rings. The number of nitrogens with one attached hydrogen (secondary N) is 1. The number of phenols is 1. The summed E-state index contributed by atoms with van der Waals surface area (Å²) in [6, 6.07) is 4.85. The van der Waals surface area contributed by atoms with E-state index in [9.17, 15) is 5.11 Å². The van der Waals surface area contributed by atoms with Crippen molar-refractivity contribution in [3.05, 3.63) is 65.7 Å². The van der Waals surface area contributed by atoms with Gasteiger partial charge in [0, 0.05) is 22.6 Å². The summed E-state index contributed by atoms with van der Waals surface area (Å²) < 4.78 is 0. The van der Waals surface area contributed by atoms with Crippen molar-refractivity contribution in [3.8, 4) is 5.75 Å². The lowest BCUT2D eigenvalue weighted by Gasteiger charge is -2.14. The van der Waals surface area contributed by atoms with Gasteiger partial charge >= 0.3 is 0 Å². The van der Waals surface area contributed by atoms with E-state index in [-0.39, 0.29) is 5.75 Å². The molecule has 4 heteroatoms. The van der Waals surface area contributed by atoms with Gasteiger partial charge < -0.3 is 16.2 Å². The number of benzene rings is 1. The molecule has 20 heavy (non-hydrogen) atoms. The number of allylic oxidation sites excluding steroid dienone is 4. The molecule has 106 valence electrons. The Hall–Kier alpha value is -1.99. The lowest BCUT2D eigenvalue weighted by atomic mass is 10.1. The van der Waals surface area contributed by atoms with Crippen LogP contribution in [0.5, 0.6) is 5.75 Å². The molecule has 1 atom stereocenters. The van der Waals surface area contributed by atoms with Crippen LogP contribution in [0, 0.1) is 0 Å². The minimum Gasteiger partial charge on any atom is -0.507 e. The third kappa shape index (κ3) is 4.29. The van der Waals surface area contributed by atoms with Gasteiger partial charge in [-0.15, -0.1) is 9.24 Å².